The van der Waals surface area contributed by atoms with Gasteiger partial charge in [-0.1, -0.05) is 62.7 Å². The van der Waals surface area contributed by atoms with Crippen LogP contribution in [-0.4, -0.2) is 8.07 Å². The molecule has 0 saturated carbocycles. The molecule has 1 aromatic carbocycles. The van der Waals surface area contributed by atoms with E-state index >= 15 is 0 Å². The van der Waals surface area contributed by atoms with E-state index in [1.165, 1.54) is 24.2 Å². The third-order valence-electron chi connectivity index (χ3n) is 3.88. The zero-order valence-electron chi connectivity index (χ0n) is 10.7. The van der Waals surface area contributed by atoms with E-state index in [2.05, 4.69) is 20.8 Å². The zero-order valence-corrected chi connectivity index (χ0v) is 12.7. The van der Waals surface area contributed by atoms with Crippen molar-refractivity contribution < 1.29 is 26.7 Å². The monoisotopic (exact) mass is 294 g/mol. The van der Waals surface area contributed by atoms with E-state index in [0.29, 0.717) is 0 Å². The molecule has 0 saturated heterocycles. The molecule has 4 heteroatoms. The summed E-state index contributed by atoms with van der Waals surface area (Å²) in [6, 6.07) is 9.31. The predicted molar refractivity (Wildman–Crippen MR) is 66.2 cm³/mol. The second kappa shape index (κ2) is 7.07. The number of para-hydroxylation sites is 1. The normalized spacial score (nSPS) is 11.0. The van der Waals surface area contributed by atoms with Gasteiger partial charge in [0.15, 0.2) is 0 Å². The summed E-state index contributed by atoms with van der Waals surface area (Å²) in [4.78, 5) is 0. The molecule has 0 bridgehead atoms. The van der Waals surface area contributed by atoms with Gasteiger partial charge in [-0.2, -0.15) is 0 Å². The minimum absolute atomic E-state index is 0. The van der Waals surface area contributed by atoms with E-state index in [0.717, 1.165) is 11.6 Å². The van der Waals surface area contributed by atoms with E-state index in [-0.39, 0.29) is 28.0 Å². The summed E-state index contributed by atoms with van der Waals surface area (Å²) >= 11 is 0. The average molecular weight is 295 g/mol. The van der Waals surface area contributed by atoms with Gasteiger partial charge in [0, 0.05) is 0 Å². The zero-order chi connectivity index (χ0) is 12.2. The van der Waals surface area contributed by atoms with Crippen molar-refractivity contribution in [2.45, 2.75) is 44.9 Å². The maximum Gasteiger partial charge on any atom is 2.00 e. The topological polar surface area (TPSA) is 46.1 Å². The number of hydrogen-bond acceptors (Lipinski definition) is 2. The van der Waals surface area contributed by atoms with Gasteiger partial charge in [-0.25, -0.2) is 0 Å². The first kappa shape index (κ1) is 16.5. The fourth-order valence-corrected chi connectivity index (χ4v) is 5.57. The second-order valence-electron chi connectivity index (χ2n) is 4.48. The Morgan fingerprint density at radius 3 is 2.00 bits per heavy atom. The van der Waals surface area contributed by atoms with Crippen molar-refractivity contribution in [1.82, 2.24) is 0 Å². The van der Waals surface area contributed by atoms with Crippen LogP contribution in [0.2, 0.25) is 18.1 Å². The summed E-state index contributed by atoms with van der Waals surface area (Å²) in [5.41, 5.74) is 0.740. The van der Waals surface area contributed by atoms with E-state index < -0.39 is 8.07 Å². The Labute approximate surface area is 115 Å². The SMILES string of the molecule is CC[Si](CC)(CC)Cc1cccc([O-])c1[O-].[Ni+2]. The van der Waals surface area contributed by atoms with Crippen molar-refractivity contribution in [3.8, 4) is 11.5 Å². The first-order valence-electron chi connectivity index (χ1n) is 6.04. The van der Waals surface area contributed by atoms with Crippen LogP contribution in [0.5, 0.6) is 11.5 Å². The largest absolute Gasteiger partial charge is 2.00 e. The Kier molecular flexibility index (Phi) is 6.88. The van der Waals surface area contributed by atoms with Gasteiger partial charge >= 0.3 is 16.5 Å². The average Bonchev–Trinajstić information content (AvgIpc) is 2.32. The van der Waals surface area contributed by atoms with Crippen LogP contribution in [0.25, 0.3) is 0 Å². The summed E-state index contributed by atoms with van der Waals surface area (Å²) in [6.45, 7) is 6.64. The van der Waals surface area contributed by atoms with Crippen molar-refractivity contribution in [3.05, 3.63) is 23.8 Å². The van der Waals surface area contributed by atoms with Gasteiger partial charge in [-0.3, -0.25) is 0 Å². The molecular weight excluding hydrogens is 275 g/mol. The van der Waals surface area contributed by atoms with Crippen molar-refractivity contribution in [3.63, 3.8) is 0 Å². The van der Waals surface area contributed by atoms with Gasteiger partial charge in [-0.15, -0.1) is 11.5 Å². The minimum atomic E-state index is -1.35. The summed E-state index contributed by atoms with van der Waals surface area (Å²) in [5, 5.41) is 23.0. The second-order valence-corrected chi connectivity index (χ2v) is 9.96. The molecule has 1 rings (SSSR count). The maximum absolute atomic E-state index is 11.7. The molecule has 0 fully saturated rings. The van der Waals surface area contributed by atoms with Crippen LogP contribution >= 0.6 is 0 Å². The third-order valence-corrected chi connectivity index (χ3v) is 9.51. The summed E-state index contributed by atoms with van der Waals surface area (Å²) in [5.74, 6) is -0.640. The van der Waals surface area contributed by atoms with Crippen molar-refractivity contribution in [2.24, 2.45) is 0 Å². The molecule has 0 spiro atoms. The maximum atomic E-state index is 11.7. The smallest absolute Gasteiger partial charge is 0.873 e. The third kappa shape index (κ3) is 3.75. The molecule has 17 heavy (non-hydrogen) atoms. The Balaban J connectivity index is 0.00000256. The summed E-state index contributed by atoms with van der Waals surface area (Å²) < 4.78 is 0. The molecule has 2 nitrogen and oxygen atoms in total. The van der Waals surface area contributed by atoms with Crippen LogP contribution in [0.1, 0.15) is 26.3 Å². The van der Waals surface area contributed by atoms with E-state index in [1.807, 2.05) is 6.07 Å². The van der Waals surface area contributed by atoms with Crippen LogP contribution in [0.15, 0.2) is 18.2 Å². The molecule has 0 aliphatic heterocycles. The molecule has 0 radical (unpaired) electrons. The Morgan fingerprint density at radius 2 is 1.53 bits per heavy atom. The number of benzene rings is 1. The van der Waals surface area contributed by atoms with Crippen LogP contribution in [-0.2, 0) is 22.5 Å². The molecule has 98 valence electrons. The van der Waals surface area contributed by atoms with Gasteiger partial charge in [0.05, 0.1) is 8.07 Å². The molecule has 1 aromatic rings. The van der Waals surface area contributed by atoms with Crippen molar-refractivity contribution >= 4 is 8.07 Å². The van der Waals surface area contributed by atoms with Gasteiger partial charge in [0.25, 0.3) is 0 Å². The van der Waals surface area contributed by atoms with E-state index in [4.69, 9.17) is 0 Å². The fraction of sp³-hybridized carbons (Fsp3) is 0.538. The molecule has 0 atom stereocenters. The molecule has 0 heterocycles. The van der Waals surface area contributed by atoms with Gasteiger partial charge in [0.1, 0.15) is 0 Å². The molecule has 0 aromatic heterocycles. The number of rotatable bonds is 5. The molecule has 0 aliphatic rings. The summed E-state index contributed by atoms with van der Waals surface area (Å²) in [6.07, 6.45) is 0. The molecular formula is C13H20NiO2Si. The van der Waals surface area contributed by atoms with Crippen LogP contribution in [0.3, 0.4) is 0 Å². The molecule has 0 amide bonds. The standard InChI is InChI=1S/C13H22O2Si.Ni/c1-4-16(5-2,6-3)10-11-8-7-9-12(14)13(11)15;/h7-9,14-15H,4-6,10H2,1-3H3;/q;+2/p-2. The Hall–Kier alpha value is -0.470. The molecule has 0 unspecified atom stereocenters. The van der Waals surface area contributed by atoms with E-state index in [9.17, 15) is 10.2 Å². The van der Waals surface area contributed by atoms with Crippen LogP contribution in [0, 0.1) is 0 Å². The van der Waals surface area contributed by atoms with Crippen LogP contribution < -0.4 is 10.2 Å². The quantitative estimate of drug-likeness (QED) is 0.783. The Bertz CT molecular complexity index is 343. The fourth-order valence-electron chi connectivity index (χ4n) is 2.23. The first-order chi connectivity index (χ1) is 7.58. The first-order valence-corrected chi connectivity index (χ1v) is 8.87. The van der Waals surface area contributed by atoms with Gasteiger partial charge in [-0.05, 0) is 6.04 Å². The van der Waals surface area contributed by atoms with E-state index in [1.54, 1.807) is 6.07 Å². The Morgan fingerprint density at radius 1 is 1.00 bits per heavy atom. The van der Waals surface area contributed by atoms with Crippen molar-refractivity contribution in [2.75, 3.05) is 0 Å². The van der Waals surface area contributed by atoms with Gasteiger partial charge < -0.3 is 10.2 Å². The summed E-state index contributed by atoms with van der Waals surface area (Å²) in [7, 11) is -1.35. The van der Waals surface area contributed by atoms with Crippen molar-refractivity contribution in [1.29, 1.82) is 0 Å². The predicted octanol–water partition coefficient (Wildman–Crippen LogP) is 2.42. The number of hydrogen-bond donors (Lipinski definition) is 0. The molecule has 0 N–H and O–H groups in total. The molecule has 0 aliphatic carbocycles. The minimum Gasteiger partial charge on any atom is -0.873 e. The van der Waals surface area contributed by atoms with Gasteiger partial charge in [0.2, 0.25) is 0 Å². The van der Waals surface area contributed by atoms with Crippen LogP contribution in [0.4, 0.5) is 0 Å².